The van der Waals surface area contributed by atoms with E-state index in [-0.39, 0.29) is 34.2 Å². The Balaban J connectivity index is 1.36. The van der Waals surface area contributed by atoms with Crippen LogP contribution >= 0.6 is 0 Å². The van der Waals surface area contributed by atoms with Gasteiger partial charge in [-0.05, 0) is 90.8 Å². The first-order chi connectivity index (χ1) is 17.2. The average molecular weight is 497 g/mol. The maximum atomic E-state index is 15.1. The Hall–Kier alpha value is -2.95. The zero-order valence-corrected chi connectivity index (χ0v) is 20.5. The van der Waals surface area contributed by atoms with Crippen LogP contribution in [-0.4, -0.2) is 0 Å². The summed E-state index contributed by atoms with van der Waals surface area (Å²) in [6.45, 7) is 3.72. The van der Waals surface area contributed by atoms with E-state index in [0.717, 1.165) is 5.92 Å². The molecular weight excluding hydrogens is 467 g/mol. The van der Waals surface area contributed by atoms with Crippen LogP contribution < -0.4 is 0 Å². The fourth-order valence-electron chi connectivity index (χ4n) is 5.66. The van der Waals surface area contributed by atoms with Gasteiger partial charge in [-0.1, -0.05) is 50.1 Å². The van der Waals surface area contributed by atoms with Crippen molar-refractivity contribution in [3.63, 3.8) is 0 Å². The predicted molar refractivity (Wildman–Crippen MR) is 133 cm³/mol. The molecule has 1 fully saturated rings. The summed E-state index contributed by atoms with van der Waals surface area (Å²) >= 11 is 0. The molecular formula is C31H29F5. The first-order valence-corrected chi connectivity index (χ1v) is 12.7. The Bertz CT molecular complexity index is 1350. The van der Waals surface area contributed by atoms with Crippen molar-refractivity contribution in [2.24, 2.45) is 11.8 Å². The van der Waals surface area contributed by atoms with Gasteiger partial charge in [-0.2, -0.15) is 0 Å². The van der Waals surface area contributed by atoms with Crippen LogP contribution in [0.2, 0.25) is 0 Å². The molecule has 0 aromatic heterocycles. The third-order valence-corrected chi connectivity index (χ3v) is 7.80. The molecule has 0 atom stereocenters. The number of rotatable bonds is 5. The van der Waals surface area contributed by atoms with Crippen molar-refractivity contribution in [1.82, 2.24) is 0 Å². The molecule has 188 valence electrons. The van der Waals surface area contributed by atoms with Crippen LogP contribution in [0.1, 0.15) is 61.3 Å². The van der Waals surface area contributed by atoms with E-state index >= 15 is 8.78 Å². The molecule has 5 rings (SSSR count). The molecule has 2 aliphatic rings. The van der Waals surface area contributed by atoms with E-state index in [1.807, 2.05) is 0 Å². The van der Waals surface area contributed by atoms with Crippen molar-refractivity contribution < 1.29 is 22.0 Å². The zero-order chi connectivity index (χ0) is 25.6. The number of hydrogen-bond acceptors (Lipinski definition) is 0. The molecule has 0 amide bonds. The molecule has 5 heteroatoms. The van der Waals surface area contributed by atoms with Gasteiger partial charge in [0, 0.05) is 16.7 Å². The lowest BCUT2D eigenvalue weighted by atomic mass is 9.83. The summed E-state index contributed by atoms with van der Waals surface area (Å²) in [5.41, 5.74) is 1.04. The summed E-state index contributed by atoms with van der Waals surface area (Å²) in [5, 5.41) is 0. The molecule has 0 saturated heterocycles. The van der Waals surface area contributed by atoms with Crippen molar-refractivity contribution in [3.05, 3.63) is 93.8 Å². The molecule has 0 spiro atoms. The molecule has 0 unspecified atom stereocenters. The van der Waals surface area contributed by atoms with E-state index in [1.165, 1.54) is 50.8 Å². The largest absolute Gasteiger partial charge is 0.207 e. The molecule has 0 radical (unpaired) electrons. The van der Waals surface area contributed by atoms with Crippen LogP contribution in [0, 0.1) is 47.8 Å². The van der Waals surface area contributed by atoms with Crippen molar-refractivity contribution in [3.8, 4) is 22.3 Å². The Kier molecular flexibility index (Phi) is 6.76. The quantitative estimate of drug-likeness (QED) is 0.191. The summed E-state index contributed by atoms with van der Waals surface area (Å²) in [4.78, 5) is 0. The Morgan fingerprint density at radius 3 is 2.17 bits per heavy atom. The lowest BCUT2D eigenvalue weighted by Gasteiger charge is -2.23. The number of allylic oxidation sites excluding steroid dienone is 2. The summed E-state index contributed by atoms with van der Waals surface area (Å²) in [7, 11) is 0. The standard InChI is InChI=1S/C31H29F5/c1-17-7-9-19(10-8-17)5-3-4-6-20-11-12-21(16-25(20)32)24-15-23-14-22-13-18(2)28(33)30(35)26(22)27(23)31(36)29(24)34/h3,5,11-13,15-17,19H,4,6-10,14H2,1-2H3/b5-3+. The van der Waals surface area contributed by atoms with Gasteiger partial charge in [0.05, 0.1) is 0 Å². The lowest BCUT2D eigenvalue weighted by Crippen LogP contribution is -2.09. The minimum atomic E-state index is -1.24. The van der Waals surface area contributed by atoms with Crippen molar-refractivity contribution in [2.45, 2.75) is 58.8 Å². The molecule has 0 heterocycles. The van der Waals surface area contributed by atoms with Crippen molar-refractivity contribution in [2.75, 3.05) is 0 Å². The molecule has 3 aromatic carbocycles. The second-order valence-electron chi connectivity index (χ2n) is 10.4. The maximum absolute atomic E-state index is 15.1. The summed E-state index contributed by atoms with van der Waals surface area (Å²) in [6.07, 6.45) is 10.7. The van der Waals surface area contributed by atoms with Crippen LogP contribution in [0.15, 0.2) is 42.5 Å². The van der Waals surface area contributed by atoms with Gasteiger partial charge >= 0.3 is 0 Å². The van der Waals surface area contributed by atoms with Crippen LogP contribution in [0.5, 0.6) is 0 Å². The highest BCUT2D eigenvalue weighted by Crippen LogP contribution is 2.44. The Morgan fingerprint density at radius 1 is 0.806 bits per heavy atom. The second-order valence-corrected chi connectivity index (χ2v) is 10.4. The van der Waals surface area contributed by atoms with Gasteiger partial charge in [0.15, 0.2) is 23.3 Å². The van der Waals surface area contributed by atoms with E-state index in [1.54, 1.807) is 12.1 Å². The third-order valence-electron chi connectivity index (χ3n) is 7.80. The Morgan fingerprint density at radius 2 is 1.47 bits per heavy atom. The van der Waals surface area contributed by atoms with Gasteiger partial charge in [-0.15, -0.1) is 0 Å². The highest BCUT2D eigenvalue weighted by atomic mass is 19.2. The molecule has 1 saturated carbocycles. The average Bonchev–Trinajstić information content (AvgIpc) is 3.22. The lowest BCUT2D eigenvalue weighted by molar-refractivity contribution is 0.330. The van der Waals surface area contributed by atoms with E-state index in [9.17, 15) is 13.2 Å². The molecule has 3 aromatic rings. The van der Waals surface area contributed by atoms with Crippen LogP contribution in [-0.2, 0) is 12.8 Å². The van der Waals surface area contributed by atoms with E-state index < -0.39 is 29.1 Å². The number of halogens is 5. The fourth-order valence-corrected chi connectivity index (χ4v) is 5.66. The maximum Gasteiger partial charge on any atom is 0.167 e. The molecule has 36 heavy (non-hydrogen) atoms. The van der Waals surface area contributed by atoms with E-state index in [2.05, 4.69) is 19.1 Å². The van der Waals surface area contributed by atoms with E-state index in [0.29, 0.717) is 35.4 Å². The molecule has 0 aliphatic heterocycles. The zero-order valence-electron chi connectivity index (χ0n) is 20.5. The van der Waals surface area contributed by atoms with Crippen LogP contribution in [0.4, 0.5) is 22.0 Å². The van der Waals surface area contributed by atoms with Gasteiger partial charge in [0.1, 0.15) is 5.82 Å². The highest BCUT2D eigenvalue weighted by Gasteiger charge is 2.31. The van der Waals surface area contributed by atoms with Crippen LogP contribution in [0.3, 0.4) is 0 Å². The summed E-state index contributed by atoms with van der Waals surface area (Å²) in [6, 6.07) is 7.29. The normalized spacial score (nSPS) is 19.1. The minimum absolute atomic E-state index is 0.0893. The van der Waals surface area contributed by atoms with Gasteiger partial charge in [0.2, 0.25) is 0 Å². The molecule has 0 N–H and O–H groups in total. The fraction of sp³-hybridized carbons (Fsp3) is 0.355. The number of benzene rings is 3. The first kappa shape index (κ1) is 24.7. The predicted octanol–water partition coefficient (Wildman–Crippen LogP) is 9.24. The van der Waals surface area contributed by atoms with Gasteiger partial charge in [-0.25, -0.2) is 22.0 Å². The van der Waals surface area contributed by atoms with Gasteiger partial charge in [-0.3, -0.25) is 0 Å². The summed E-state index contributed by atoms with van der Waals surface area (Å²) in [5.74, 6) is -3.74. The summed E-state index contributed by atoms with van der Waals surface area (Å²) < 4.78 is 73.9. The first-order valence-electron chi connectivity index (χ1n) is 12.7. The van der Waals surface area contributed by atoms with Crippen molar-refractivity contribution >= 4 is 0 Å². The van der Waals surface area contributed by atoms with Crippen LogP contribution in [0.25, 0.3) is 22.3 Å². The molecule has 0 nitrogen and oxygen atoms in total. The number of hydrogen-bond donors (Lipinski definition) is 0. The topological polar surface area (TPSA) is 0 Å². The second kappa shape index (κ2) is 9.84. The smallest absolute Gasteiger partial charge is 0.167 e. The monoisotopic (exact) mass is 496 g/mol. The minimum Gasteiger partial charge on any atom is -0.207 e. The molecule has 0 bridgehead atoms. The van der Waals surface area contributed by atoms with Gasteiger partial charge < -0.3 is 0 Å². The molecule has 2 aliphatic carbocycles. The number of fused-ring (bicyclic) bond motifs is 3. The van der Waals surface area contributed by atoms with E-state index in [4.69, 9.17) is 0 Å². The third kappa shape index (κ3) is 4.49. The SMILES string of the molecule is Cc1cc2c(c(F)c1F)-c1c(cc(-c3ccc(CC/C=C/C4CCC(C)CC4)c(F)c3)c(F)c1F)C2. The Labute approximate surface area is 208 Å². The van der Waals surface area contributed by atoms with Gasteiger partial charge in [0.25, 0.3) is 0 Å². The van der Waals surface area contributed by atoms with Crippen molar-refractivity contribution in [1.29, 1.82) is 0 Å². The highest BCUT2D eigenvalue weighted by molar-refractivity contribution is 5.82. The number of aryl methyl sites for hydroxylation is 2.